The second-order valence-electron chi connectivity index (χ2n) is 4.27. The van der Waals surface area contributed by atoms with Crippen LogP contribution in [0.25, 0.3) is 23.0 Å². The van der Waals surface area contributed by atoms with Gasteiger partial charge in [-0.2, -0.15) is 4.57 Å². The number of hydrogen-bond acceptors (Lipinski definition) is 3. The van der Waals surface area contributed by atoms with E-state index in [-0.39, 0.29) is 22.9 Å². The summed E-state index contributed by atoms with van der Waals surface area (Å²) in [6.07, 6.45) is 7.36. The predicted octanol–water partition coefficient (Wildman–Crippen LogP) is 0.260. The van der Waals surface area contributed by atoms with E-state index in [0.29, 0.717) is 5.76 Å². The molecule has 0 aliphatic carbocycles. The molecule has 6 heteroatoms. The minimum Gasteiger partial charge on any atom is -1.00 e. The van der Waals surface area contributed by atoms with Gasteiger partial charge in [-0.3, -0.25) is 10.1 Å². The fourth-order valence-corrected chi connectivity index (χ4v) is 1.93. The van der Waals surface area contributed by atoms with Crippen LogP contribution in [0.5, 0.6) is 0 Å². The van der Waals surface area contributed by atoms with Crippen LogP contribution in [-0.4, -0.2) is 4.92 Å². The first kappa shape index (κ1) is 14.9. The number of fused-ring (bicyclic) bond motifs is 1. The second kappa shape index (κ2) is 6.32. The Morgan fingerprint density at radius 3 is 2.57 bits per heavy atom. The molecule has 0 N–H and O–H groups in total. The van der Waals surface area contributed by atoms with Crippen molar-refractivity contribution in [1.29, 1.82) is 0 Å². The molecule has 0 atom stereocenters. The van der Waals surface area contributed by atoms with E-state index in [9.17, 15) is 10.1 Å². The van der Waals surface area contributed by atoms with Crippen molar-refractivity contribution in [1.82, 2.24) is 0 Å². The van der Waals surface area contributed by atoms with E-state index in [1.165, 1.54) is 6.07 Å². The number of nitro groups is 1. The summed E-state index contributed by atoms with van der Waals surface area (Å²) in [7, 11) is 0. The maximum Gasteiger partial charge on any atom is 0.433 e. The number of benzene rings is 1. The van der Waals surface area contributed by atoms with E-state index in [2.05, 4.69) is 0 Å². The summed E-state index contributed by atoms with van der Waals surface area (Å²) < 4.78 is 6.93. The van der Waals surface area contributed by atoms with Crippen molar-refractivity contribution >= 4 is 28.9 Å². The molecule has 3 rings (SSSR count). The Bertz CT molecular complexity index is 811. The van der Waals surface area contributed by atoms with Crippen molar-refractivity contribution in [2.24, 2.45) is 0 Å². The van der Waals surface area contributed by atoms with Crippen LogP contribution in [0.1, 0.15) is 5.76 Å². The minimum atomic E-state index is -0.555. The highest BCUT2D eigenvalue weighted by Gasteiger charge is 2.10. The minimum absolute atomic E-state index is 0. The zero-order valence-electron chi connectivity index (χ0n) is 10.8. The molecule has 0 aliphatic heterocycles. The zero-order chi connectivity index (χ0) is 13.9. The van der Waals surface area contributed by atoms with Gasteiger partial charge in [-0.1, -0.05) is 18.2 Å². The molecule has 0 amide bonds. The van der Waals surface area contributed by atoms with Crippen LogP contribution in [0, 0.1) is 10.1 Å². The van der Waals surface area contributed by atoms with Crippen molar-refractivity contribution in [3.05, 3.63) is 70.7 Å². The highest BCUT2D eigenvalue weighted by molar-refractivity contribution is 5.80. The summed E-state index contributed by atoms with van der Waals surface area (Å²) in [5.74, 6) is 0.186. The molecule has 0 fully saturated rings. The van der Waals surface area contributed by atoms with E-state index in [4.69, 9.17) is 4.42 Å². The van der Waals surface area contributed by atoms with E-state index >= 15 is 0 Å². The zero-order valence-corrected chi connectivity index (χ0v) is 12.4. The van der Waals surface area contributed by atoms with Crippen LogP contribution in [0.4, 0.5) is 5.88 Å². The summed E-state index contributed by atoms with van der Waals surface area (Å²) in [5.41, 5.74) is 0. The van der Waals surface area contributed by atoms with Gasteiger partial charge in [0.25, 0.3) is 0 Å². The summed E-state index contributed by atoms with van der Waals surface area (Å²) in [6.45, 7) is 0. The average Bonchev–Trinajstić information content (AvgIpc) is 2.94. The van der Waals surface area contributed by atoms with E-state index in [1.54, 1.807) is 18.3 Å². The Morgan fingerprint density at radius 1 is 1.10 bits per heavy atom. The molecule has 0 bridgehead atoms. The largest absolute Gasteiger partial charge is 1.00 e. The van der Waals surface area contributed by atoms with E-state index < -0.39 is 4.92 Å². The lowest BCUT2D eigenvalue weighted by Gasteiger charge is -1.93. The quantitative estimate of drug-likeness (QED) is 0.388. The summed E-state index contributed by atoms with van der Waals surface area (Å²) >= 11 is 0. The highest BCUT2D eigenvalue weighted by Crippen LogP contribution is 2.16. The number of halogens is 1. The molecule has 2 aromatic heterocycles. The maximum absolute atomic E-state index is 10.5. The molecule has 0 spiro atoms. The predicted molar refractivity (Wildman–Crippen MR) is 74.7 cm³/mol. The number of hydrogen-bond donors (Lipinski definition) is 0. The Kier molecular flexibility index (Phi) is 4.49. The monoisotopic (exact) mass is 346 g/mol. The molecule has 0 saturated carbocycles. The molecule has 2 heterocycles. The molecule has 3 aromatic rings. The summed E-state index contributed by atoms with van der Waals surface area (Å²) in [4.78, 5) is 9.96. The van der Waals surface area contributed by atoms with Gasteiger partial charge in [-0.05, 0) is 17.5 Å². The third-order valence-corrected chi connectivity index (χ3v) is 2.91. The van der Waals surface area contributed by atoms with Gasteiger partial charge in [0.1, 0.15) is 10.7 Å². The first-order chi connectivity index (χ1) is 9.72. The van der Waals surface area contributed by atoms with Gasteiger partial charge in [0, 0.05) is 17.5 Å². The molecule has 5 nitrogen and oxygen atoms in total. The molecular weight excluding hydrogens is 336 g/mol. The molecule has 0 radical (unpaired) electrons. The third kappa shape index (κ3) is 3.35. The lowest BCUT2D eigenvalue weighted by molar-refractivity contribution is -0.565. The summed E-state index contributed by atoms with van der Waals surface area (Å²) in [5, 5.41) is 12.8. The Balaban J connectivity index is 0.00000161. The number of aromatic nitrogens is 1. The van der Waals surface area contributed by atoms with Crippen molar-refractivity contribution in [3.63, 3.8) is 0 Å². The standard InChI is InChI=1S/C15H11N2O3.BrH/c18-17(19)15-6-5-14(20-15)8-10-16-9-7-12-3-1-2-4-13(12)11-16;/h1-11H;1H/q+1;/p-1/b10-8+;. The molecule has 106 valence electrons. The normalized spacial score (nSPS) is 10.7. The van der Waals surface area contributed by atoms with Crippen LogP contribution in [0.3, 0.4) is 0 Å². The van der Waals surface area contributed by atoms with Crippen molar-refractivity contribution < 1.29 is 30.9 Å². The summed E-state index contributed by atoms with van der Waals surface area (Å²) in [6, 6.07) is 12.9. The smallest absolute Gasteiger partial charge is 0.433 e. The SMILES string of the molecule is O=[N+]([O-])c1ccc(/C=C/[n+]2ccc3ccccc3c2)o1.[Br-]. The van der Waals surface area contributed by atoms with Gasteiger partial charge >= 0.3 is 5.88 Å². The lowest BCUT2D eigenvalue weighted by Crippen LogP contribution is -3.00. The van der Waals surface area contributed by atoms with Gasteiger partial charge in [-0.15, -0.1) is 0 Å². The van der Waals surface area contributed by atoms with Crippen LogP contribution in [0.15, 0.2) is 59.3 Å². The third-order valence-electron chi connectivity index (χ3n) is 2.91. The lowest BCUT2D eigenvalue weighted by atomic mass is 10.2. The Morgan fingerprint density at radius 2 is 1.86 bits per heavy atom. The molecule has 0 saturated heterocycles. The van der Waals surface area contributed by atoms with Gasteiger partial charge < -0.3 is 21.4 Å². The van der Waals surface area contributed by atoms with Crippen LogP contribution >= 0.6 is 0 Å². The highest BCUT2D eigenvalue weighted by atomic mass is 79.9. The number of pyridine rings is 1. The fraction of sp³-hybridized carbons (Fsp3) is 0. The van der Waals surface area contributed by atoms with Crippen molar-refractivity contribution in [2.45, 2.75) is 0 Å². The van der Waals surface area contributed by atoms with Crippen LogP contribution in [0.2, 0.25) is 0 Å². The molecule has 0 unspecified atom stereocenters. The first-order valence-corrected chi connectivity index (χ1v) is 6.04. The number of rotatable bonds is 3. The molecule has 21 heavy (non-hydrogen) atoms. The topological polar surface area (TPSA) is 60.2 Å². The second-order valence-corrected chi connectivity index (χ2v) is 4.27. The van der Waals surface area contributed by atoms with Crippen molar-refractivity contribution in [3.8, 4) is 0 Å². The first-order valence-electron chi connectivity index (χ1n) is 6.04. The average molecular weight is 347 g/mol. The molecular formula is C15H11BrN2O3. The number of furan rings is 1. The van der Waals surface area contributed by atoms with Gasteiger partial charge in [0.05, 0.1) is 6.07 Å². The van der Waals surface area contributed by atoms with Crippen LogP contribution in [-0.2, 0) is 0 Å². The van der Waals surface area contributed by atoms with Gasteiger partial charge in [-0.25, -0.2) is 0 Å². The van der Waals surface area contributed by atoms with E-state index in [0.717, 1.165) is 10.8 Å². The van der Waals surface area contributed by atoms with E-state index in [1.807, 2.05) is 47.3 Å². The Hall–Kier alpha value is -2.47. The maximum atomic E-state index is 10.5. The van der Waals surface area contributed by atoms with Crippen molar-refractivity contribution in [2.75, 3.05) is 0 Å². The number of nitrogens with zero attached hydrogens (tertiary/aromatic N) is 2. The van der Waals surface area contributed by atoms with Gasteiger partial charge in [0.15, 0.2) is 18.6 Å². The van der Waals surface area contributed by atoms with Crippen LogP contribution < -0.4 is 21.5 Å². The Labute approximate surface area is 131 Å². The molecule has 0 aliphatic rings. The fourth-order valence-electron chi connectivity index (χ4n) is 1.93. The van der Waals surface area contributed by atoms with Gasteiger partial charge in [0.2, 0.25) is 0 Å². The molecule has 1 aromatic carbocycles.